The van der Waals surface area contributed by atoms with Crippen LogP contribution in [0.15, 0.2) is 24.3 Å². The van der Waals surface area contributed by atoms with Gasteiger partial charge in [0.05, 0.1) is 6.54 Å². The summed E-state index contributed by atoms with van der Waals surface area (Å²) in [4.78, 5) is 13.8. The molecular weight excluding hydrogens is 212 g/mol. The summed E-state index contributed by atoms with van der Waals surface area (Å²) >= 11 is 0. The second-order valence-electron chi connectivity index (χ2n) is 3.73. The van der Waals surface area contributed by atoms with Gasteiger partial charge in [-0.05, 0) is 31.3 Å². The molecular formula is C14H18N2O. The number of hydrogen-bond acceptors (Lipinski definition) is 2. The molecule has 0 heterocycles. The predicted octanol–water partition coefficient (Wildman–Crippen LogP) is 1.95. The van der Waals surface area contributed by atoms with E-state index in [-0.39, 0.29) is 5.91 Å². The first-order valence-corrected chi connectivity index (χ1v) is 5.78. The van der Waals surface area contributed by atoms with Crippen LogP contribution in [-0.4, -0.2) is 30.4 Å². The van der Waals surface area contributed by atoms with Crippen molar-refractivity contribution >= 4 is 11.6 Å². The minimum absolute atomic E-state index is 0.0112. The highest BCUT2D eigenvalue weighted by Crippen LogP contribution is 2.09. The predicted molar refractivity (Wildman–Crippen MR) is 70.8 cm³/mol. The van der Waals surface area contributed by atoms with E-state index in [9.17, 15) is 4.79 Å². The van der Waals surface area contributed by atoms with Crippen LogP contribution < -0.4 is 5.32 Å². The quantitative estimate of drug-likeness (QED) is 0.784. The lowest BCUT2D eigenvalue weighted by molar-refractivity contribution is -0.117. The van der Waals surface area contributed by atoms with Gasteiger partial charge in [0.25, 0.3) is 0 Å². The van der Waals surface area contributed by atoms with Crippen molar-refractivity contribution in [3.8, 4) is 12.3 Å². The zero-order valence-corrected chi connectivity index (χ0v) is 10.4. The maximum Gasteiger partial charge on any atom is 0.238 e. The standard InChI is InChI=1S/C14H18N2O/c1-4-12-8-7-9-13(10-12)15-14(17)11-16(5-2)6-3/h1,7-10H,5-6,11H2,2-3H3,(H,15,17). The van der Waals surface area contributed by atoms with Gasteiger partial charge >= 0.3 is 0 Å². The molecule has 0 fully saturated rings. The van der Waals surface area contributed by atoms with Crippen molar-refractivity contribution in [2.75, 3.05) is 25.0 Å². The number of anilines is 1. The summed E-state index contributed by atoms with van der Waals surface area (Å²) in [5.74, 6) is 2.53. The number of nitrogens with zero attached hydrogens (tertiary/aromatic N) is 1. The zero-order valence-electron chi connectivity index (χ0n) is 10.4. The van der Waals surface area contributed by atoms with Crippen molar-refractivity contribution in [2.45, 2.75) is 13.8 Å². The molecule has 90 valence electrons. The Bertz CT molecular complexity index is 416. The molecule has 0 aromatic heterocycles. The molecule has 3 heteroatoms. The van der Waals surface area contributed by atoms with Crippen LogP contribution >= 0.6 is 0 Å². The van der Waals surface area contributed by atoms with E-state index in [1.165, 1.54) is 0 Å². The van der Waals surface area contributed by atoms with Gasteiger partial charge in [-0.1, -0.05) is 25.8 Å². The molecule has 0 aliphatic rings. The van der Waals surface area contributed by atoms with Crippen LogP contribution in [0.1, 0.15) is 19.4 Å². The van der Waals surface area contributed by atoms with Crippen LogP contribution in [0, 0.1) is 12.3 Å². The SMILES string of the molecule is C#Cc1cccc(NC(=O)CN(CC)CC)c1. The van der Waals surface area contributed by atoms with Gasteiger partial charge < -0.3 is 5.32 Å². The van der Waals surface area contributed by atoms with Crippen molar-refractivity contribution < 1.29 is 4.79 Å². The van der Waals surface area contributed by atoms with Crippen LogP contribution in [0.2, 0.25) is 0 Å². The van der Waals surface area contributed by atoms with E-state index >= 15 is 0 Å². The summed E-state index contributed by atoms with van der Waals surface area (Å²) in [5.41, 5.74) is 1.52. The van der Waals surface area contributed by atoms with E-state index in [4.69, 9.17) is 6.42 Å². The van der Waals surface area contributed by atoms with E-state index in [1.54, 1.807) is 6.07 Å². The number of rotatable bonds is 5. The number of hydrogen-bond donors (Lipinski definition) is 1. The molecule has 0 aliphatic carbocycles. The van der Waals surface area contributed by atoms with Crippen molar-refractivity contribution in [1.29, 1.82) is 0 Å². The Morgan fingerprint density at radius 1 is 1.41 bits per heavy atom. The maximum absolute atomic E-state index is 11.7. The number of carbonyl (C=O) groups is 1. The fraction of sp³-hybridized carbons (Fsp3) is 0.357. The lowest BCUT2D eigenvalue weighted by Gasteiger charge is -2.17. The number of carbonyl (C=O) groups excluding carboxylic acids is 1. The molecule has 0 aliphatic heterocycles. The molecule has 17 heavy (non-hydrogen) atoms. The fourth-order valence-corrected chi connectivity index (χ4v) is 1.54. The van der Waals surface area contributed by atoms with Crippen molar-refractivity contribution in [3.05, 3.63) is 29.8 Å². The summed E-state index contributed by atoms with van der Waals surface area (Å²) in [5, 5.41) is 2.84. The van der Waals surface area contributed by atoms with Crippen LogP contribution in [0.3, 0.4) is 0 Å². The molecule has 1 N–H and O–H groups in total. The molecule has 1 aromatic rings. The van der Waals surface area contributed by atoms with Gasteiger partial charge in [-0.2, -0.15) is 0 Å². The van der Waals surface area contributed by atoms with Crippen LogP contribution in [0.5, 0.6) is 0 Å². The summed E-state index contributed by atoms with van der Waals surface area (Å²) < 4.78 is 0. The summed E-state index contributed by atoms with van der Waals surface area (Å²) in [6.45, 7) is 6.22. The topological polar surface area (TPSA) is 32.3 Å². The van der Waals surface area contributed by atoms with E-state index < -0.39 is 0 Å². The highest BCUT2D eigenvalue weighted by Gasteiger charge is 2.07. The number of amides is 1. The van der Waals surface area contributed by atoms with Gasteiger partial charge in [0.2, 0.25) is 5.91 Å². The van der Waals surface area contributed by atoms with E-state index in [0.717, 1.165) is 24.3 Å². The zero-order chi connectivity index (χ0) is 12.7. The first-order valence-electron chi connectivity index (χ1n) is 5.78. The summed E-state index contributed by atoms with van der Waals surface area (Å²) in [6.07, 6.45) is 5.30. The Kier molecular flexibility index (Phi) is 5.25. The Labute approximate surface area is 103 Å². The Balaban J connectivity index is 2.59. The molecule has 0 spiro atoms. The summed E-state index contributed by atoms with van der Waals surface area (Å²) in [7, 11) is 0. The summed E-state index contributed by atoms with van der Waals surface area (Å²) in [6, 6.07) is 7.30. The number of nitrogens with one attached hydrogen (secondary N) is 1. The number of terminal acetylenes is 1. The van der Waals surface area contributed by atoms with E-state index in [1.807, 2.05) is 32.0 Å². The minimum Gasteiger partial charge on any atom is -0.325 e. The highest BCUT2D eigenvalue weighted by molar-refractivity contribution is 5.92. The van der Waals surface area contributed by atoms with Gasteiger partial charge in [-0.25, -0.2) is 0 Å². The van der Waals surface area contributed by atoms with Gasteiger partial charge in [0, 0.05) is 11.3 Å². The maximum atomic E-state index is 11.7. The van der Waals surface area contributed by atoms with Gasteiger partial charge in [0.1, 0.15) is 0 Å². The average Bonchev–Trinajstić information content (AvgIpc) is 2.36. The molecule has 1 amide bonds. The molecule has 0 atom stereocenters. The van der Waals surface area contributed by atoms with Crippen molar-refractivity contribution in [2.24, 2.45) is 0 Å². The van der Waals surface area contributed by atoms with Gasteiger partial charge in [0.15, 0.2) is 0 Å². The Morgan fingerprint density at radius 3 is 2.71 bits per heavy atom. The number of likely N-dealkylation sites (N-methyl/N-ethyl adjacent to an activating group) is 1. The molecule has 3 nitrogen and oxygen atoms in total. The van der Waals surface area contributed by atoms with Crippen LogP contribution in [-0.2, 0) is 4.79 Å². The number of benzene rings is 1. The lowest BCUT2D eigenvalue weighted by atomic mass is 10.2. The molecule has 0 saturated heterocycles. The average molecular weight is 230 g/mol. The van der Waals surface area contributed by atoms with Crippen molar-refractivity contribution in [1.82, 2.24) is 4.90 Å². The van der Waals surface area contributed by atoms with Gasteiger partial charge in [-0.15, -0.1) is 6.42 Å². The highest BCUT2D eigenvalue weighted by atomic mass is 16.2. The molecule has 0 unspecified atom stereocenters. The molecule has 0 saturated carbocycles. The molecule has 1 rings (SSSR count). The van der Waals surface area contributed by atoms with E-state index in [2.05, 4.69) is 16.1 Å². The minimum atomic E-state index is -0.0112. The Morgan fingerprint density at radius 2 is 2.12 bits per heavy atom. The fourth-order valence-electron chi connectivity index (χ4n) is 1.54. The second-order valence-corrected chi connectivity index (χ2v) is 3.73. The van der Waals surface area contributed by atoms with E-state index in [0.29, 0.717) is 6.54 Å². The molecule has 0 radical (unpaired) electrons. The first kappa shape index (κ1) is 13.3. The third-order valence-electron chi connectivity index (χ3n) is 2.57. The van der Waals surface area contributed by atoms with Crippen LogP contribution in [0.4, 0.5) is 5.69 Å². The van der Waals surface area contributed by atoms with Crippen molar-refractivity contribution in [3.63, 3.8) is 0 Å². The lowest BCUT2D eigenvalue weighted by Crippen LogP contribution is -2.32. The third kappa shape index (κ3) is 4.29. The molecule has 0 bridgehead atoms. The largest absolute Gasteiger partial charge is 0.325 e. The Hall–Kier alpha value is -1.79. The third-order valence-corrected chi connectivity index (χ3v) is 2.57. The monoisotopic (exact) mass is 230 g/mol. The smallest absolute Gasteiger partial charge is 0.238 e. The first-order chi connectivity index (χ1) is 8.19. The second kappa shape index (κ2) is 6.72. The molecule has 1 aromatic carbocycles. The normalized spacial score (nSPS) is 10.0. The van der Waals surface area contributed by atoms with Crippen LogP contribution in [0.25, 0.3) is 0 Å². The van der Waals surface area contributed by atoms with Gasteiger partial charge in [-0.3, -0.25) is 9.69 Å².